The summed E-state index contributed by atoms with van der Waals surface area (Å²) in [5.74, 6) is -8.21. The number of likely N-dealkylation sites (tertiary alicyclic amines) is 1. The van der Waals surface area contributed by atoms with Crippen molar-refractivity contribution in [3.8, 4) is 11.5 Å². The molecule has 9 aromatic rings. The number of likely N-dealkylation sites (N-methyl/N-ethyl adjacent to an activating group) is 2. The minimum atomic E-state index is -2.91. The first-order valence-corrected chi connectivity index (χ1v) is 45.1. The van der Waals surface area contributed by atoms with Crippen molar-refractivity contribution in [1.29, 1.82) is 0 Å². The van der Waals surface area contributed by atoms with Crippen LogP contribution in [-0.4, -0.2) is 170 Å². The Morgan fingerprint density at radius 1 is 0.545 bits per heavy atom. The van der Waals surface area contributed by atoms with Crippen LogP contribution < -0.4 is 49.9 Å². The Kier molecular flexibility index (Phi) is 32.8. The Balaban J connectivity index is 0.000000170. The van der Waals surface area contributed by atoms with Crippen molar-refractivity contribution in [2.24, 2.45) is 10.8 Å². The molecule has 9 heterocycles. The normalized spacial score (nSPS) is 18.8. The van der Waals surface area contributed by atoms with Crippen molar-refractivity contribution in [1.82, 2.24) is 44.8 Å². The Morgan fingerprint density at radius 3 is 1.36 bits per heavy atom. The number of anilines is 8. The number of amides is 1. The third-order valence-electron chi connectivity index (χ3n) is 24.8. The number of carbonyl (C=O) groups is 2. The van der Waals surface area contributed by atoms with E-state index in [2.05, 4.69) is 116 Å². The molecule has 132 heavy (non-hydrogen) atoms. The number of benzene rings is 5. The molecule has 8 unspecified atom stereocenters. The monoisotopic (exact) mass is 1840 g/mol. The maximum atomic E-state index is 15.7. The highest BCUT2D eigenvalue weighted by Gasteiger charge is 2.47. The second-order valence-electron chi connectivity index (χ2n) is 38.6. The van der Waals surface area contributed by atoms with Crippen molar-refractivity contribution in [3.63, 3.8) is 0 Å². The van der Waals surface area contributed by atoms with Crippen LogP contribution in [0.25, 0.3) is 0 Å². The number of aromatic nitrogens is 8. The number of nitrogens with zero attached hydrogens (tertiary/aromatic N) is 14. The maximum absolute atomic E-state index is 15.7. The van der Waals surface area contributed by atoms with Crippen LogP contribution in [0, 0.1) is 41.0 Å². The van der Waals surface area contributed by atoms with E-state index in [0.29, 0.717) is 64.3 Å². The summed E-state index contributed by atoms with van der Waals surface area (Å²) in [6, 6.07) is 30.0. The maximum Gasteiger partial charge on any atom is 0.270 e. The zero-order chi connectivity index (χ0) is 96.3. The van der Waals surface area contributed by atoms with Crippen LogP contribution in [0.1, 0.15) is 235 Å². The van der Waals surface area contributed by atoms with E-state index in [-0.39, 0.29) is 135 Å². The van der Waals surface area contributed by atoms with Gasteiger partial charge in [0.1, 0.15) is 49.0 Å². The Labute approximate surface area is 768 Å². The highest BCUT2D eigenvalue weighted by Crippen LogP contribution is 2.45. The van der Waals surface area contributed by atoms with Gasteiger partial charge in [-0.25, -0.2) is 66.2 Å². The van der Waals surface area contributed by atoms with Gasteiger partial charge in [0.25, 0.3) is 17.8 Å². The zero-order valence-corrected chi connectivity index (χ0v) is 78.8. The molecule has 5 aromatic carbocycles. The van der Waals surface area contributed by atoms with Crippen LogP contribution in [0.3, 0.4) is 0 Å². The van der Waals surface area contributed by atoms with E-state index in [1.165, 1.54) is 74.2 Å². The summed E-state index contributed by atoms with van der Waals surface area (Å²) in [7, 11) is 5.02. The standard InChI is InChI=1S/C26H29F3N4O2.C26H37FN4O2.C24H30F3N5O.C23H31F3N4O/c1-26(28,29)19-9-7-18(8-10-19)22-4-3-13-33(22)25-23(27)24(30-16-31-25)32-20(15-34)14-17-5-11-21(35-2)12-6-17;1-16(2)20-9-8-17(3)12-22(20)33-19-10-11-31(14-19)25-23(27)24(28-15-29-25)30-21(18(4)32)13-26(5,6)7;1-23(2)13-18(22(33)31(23)5)30(4)20-19(25)21(29-14-28-20)32-12-6-7-17(32)15-8-10-16(11-9-15)24(3,26)27;1-22(2,3)12-17(13-31)29-20-19(24)21(28-14-27-20)30-11-5-6-18(30)15-7-9-16(10-8-15)23(4,25)26/h5-12,16,20,22,34H,3-4,13-15H2,1-2H3,(H,30,31,32);8-9,12,15-16,19,21H,10-11,13-14H2,1-7H3,(H,28,29,30);8-11,14,17-18H,6-7,12-13H2,1-5H3;7-10,14,17-18,31H,5-6,11-13H2,1-4H3,(H,27,28,29). The average Bonchev–Trinajstić information content (AvgIpc) is 1.61. The molecule has 5 fully saturated rings. The number of aliphatic hydroxyl groups is 2. The van der Waals surface area contributed by atoms with Gasteiger partial charge in [-0.1, -0.05) is 152 Å². The van der Waals surface area contributed by atoms with Crippen LogP contribution in [0.2, 0.25) is 0 Å². The average molecular weight is 1840 g/mol. The molecule has 0 spiro atoms. The Bertz CT molecular complexity index is 5330. The molecule has 5 aliphatic heterocycles. The molecule has 0 aliphatic carbocycles. The molecule has 0 radical (unpaired) electrons. The lowest BCUT2D eigenvalue weighted by atomic mass is 9.87. The molecule has 714 valence electrons. The minimum absolute atomic E-state index is 0.00850. The number of halogens is 10. The van der Waals surface area contributed by atoms with Gasteiger partial charge < -0.3 is 65.0 Å². The van der Waals surface area contributed by atoms with Crippen molar-refractivity contribution in [2.45, 2.75) is 252 Å². The van der Waals surface area contributed by atoms with E-state index in [9.17, 15) is 46.1 Å². The van der Waals surface area contributed by atoms with Crippen molar-refractivity contribution in [3.05, 3.63) is 214 Å². The Morgan fingerprint density at radius 2 is 0.962 bits per heavy atom. The summed E-state index contributed by atoms with van der Waals surface area (Å²) in [6.45, 7) is 29.3. The first-order chi connectivity index (χ1) is 62.1. The zero-order valence-electron chi connectivity index (χ0n) is 78.8. The SMILES string of the molecule is CC(=O)C(CC(C)(C)C)Nc1ncnc(N2CCC(Oc3cc(C)ccc3C(C)C)C2)c1F.CC(C)(C)CC(CO)Nc1ncnc(N2CCCC2c2ccc(C(C)(F)F)cc2)c1F.CN(c1ncnc(N2CCCC2c2ccc(C(C)(F)F)cc2)c1F)C1CC(C)(C)N(C)C1=O.COc1ccc(CC(CO)Nc2ncnc(N3CCCC3c3ccc(C(C)(F)F)cc3)c2F)cc1. The fourth-order valence-electron chi connectivity index (χ4n) is 17.6. The molecular weight excluding hydrogens is 1710 g/mol. The quantitative estimate of drug-likeness (QED) is 0.0273. The number of aryl methyl sites for hydroxylation is 1. The number of ketones is 1. The van der Waals surface area contributed by atoms with Crippen molar-refractivity contribution >= 4 is 58.2 Å². The fourth-order valence-corrected chi connectivity index (χ4v) is 17.6. The first-order valence-electron chi connectivity index (χ1n) is 45.1. The van der Waals surface area contributed by atoms with E-state index < -0.39 is 59.2 Å². The number of Topliss-reactive ketones (excluding diaryl/α,β-unsaturated/α-hetero) is 1. The van der Waals surface area contributed by atoms with Gasteiger partial charge in [0, 0.05) is 89.7 Å². The van der Waals surface area contributed by atoms with Gasteiger partial charge in [-0.3, -0.25) is 9.59 Å². The van der Waals surface area contributed by atoms with E-state index in [0.717, 1.165) is 105 Å². The highest BCUT2D eigenvalue weighted by atomic mass is 19.3. The summed E-state index contributed by atoms with van der Waals surface area (Å²) in [4.78, 5) is 68.8. The predicted molar refractivity (Wildman–Crippen MR) is 496 cm³/mol. The van der Waals surface area contributed by atoms with Crippen LogP contribution in [0.5, 0.6) is 11.5 Å². The predicted octanol–water partition coefficient (Wildman–Crippen LogP) is 20.4. The van der Waals surface area contributed by atoms with Gasteiger partial charge in [-0.05, 0) is 160 Å². The Hall–Kier alpha value is -11.2. The summed E-state index contributed by atoms with van der Waals surface area (Å²) >= 11 is 0. The number of hydrogen-bond acceptors (Lipinski definition) is 22. The summed E-state index contributed by atoms with van der Waals surface area (Å²) in [6.07, 6.45) is 13.0. The van der Waals surface area contributed by atoms with Gasteiger partial charge in [0.05, 0.1) is 63.1 Å². The lowest BCUT2D eigenvalue weighted by Gasteiger charge is -2.29. The van der Waals surface area contributed by atoms with Gasteiger partial charge in [-0.15, -0.1) is 0 Å². The fraction of sp³-hybridized carbons (Fsp3) is 0.515. The van der Waals surface area contributed by atoms with Gasteiger partial charge in [-0.2, -0.15) is 17.6 Å². The summed E-state index contributed by atoms with van der Waals surface area (Å²) in [5.41, 5.74) is 5.17. The first kappa shape index (κ1) is 101. The molecule has 8 atom stereocenters. The number of nitrogens with one attached hydrogen (secondary N) is 3. The molecule has 5 aliphatic rings. The lowest BCUT2D eigenvalue weighted by Crippen LogP contribution is -2.41. The van der Waals surface area contributed by atoms with Crippen LogP contribution in [0.4, 0.5) is 90.4 Å². The molecule has 1 amide bonds. The minimum Gasteiger partial charge on any atom is -0.497 e. The second kappa shape index (κ2) is 42.8. The van der Waals surface area contributed by atoms with Crippen LogP contribution in [-0.2, 0) is 33.8 Å². The molecule has 23 nitrogen and oxygen atoms in total. The van der Waals surface area contributed by atoms with E-state index in [1.54, 1.807) is 67.4 Å². The van der Waals surface area contributed by atoms with E-state index in [4.69, 9.17) is 9.47 Å². The lowest BCUT2D eigenvalue weighted by molar-refractivity contribution is -0.130. The molecular formula is C99H127F10N17O6. The number of methoxy groups -OCH3 is 1. The molecule has 4 aromatic heterocycles. The highest BCUT2D eigenvalue weighted by molar-refractivity contribution is 5.88. The van der Waals surface area contributed by atoms with E-state index in [1.807, 2.05) is 78.5 Å². The topological polar surface area (TPSA) is 252 Å². The number of carbonyl (C=O) groups excluding carboxylic acids is 2. The summed E-state index contributed by atoms with van der Waals surface area (Å²) in [5, 5.41) is 28.6. The molecule has 33 heteroatoms. The second-order valence-corrected chi connectivity index (χ2v) is 38.6. The third-order valence-corrected chi connectivity index (χ3v) is 24.8. The molecule has 14 rings (SSSR count). The molecule has 5 N–H and O–H groups in total. The van der Waals surface area contributed by atoms with Gasteiger partial charge >= 0.3 is 0 Å². The molecule has 0 saturated carbocycles. The van der Waals surface area contributed by atoms with Gasteiger partial charge in [0.2, 0.25) is 29.2 Å². The largest absolute Gasteiger partial charge is 0.497 e. The van der Waals surface area contributed by atoms with Crippen LogP contribution in [0.15, 0.2) is 141 Å². The summed E-state index contributed by atoms with van der Waals surface area (Å²) < 4.78 is 155. The third kappa shape index (κ3) is 25.6. The van der Waals surface area contributed by atoms with Crippen molar-refractivity contribution < 1.29 is 73.2 Å². The van der Waals surface area contributed by atoms with E-state index >= 15 is 17.6 Å². The number of alkyl halides is 6. The van der Waals surface area contributed by atoms with Crippen LogP contribution >= 0.6 is 0 Å². The molecule has 5 saturated heterocycles. The number of rotatable bonds is 29. The van der Waals surface area contributed by atoms with Crippen molar-refractivity contribution in [2.75, 3.05) is 108 Å². The number of ether oxygens (including phenoxy) is 2. The number of hydrogen-bond donors (Lipinski definition) is 5. The van der Waals surface area contributed by atoms with Gasteiger partial charge in [0.15, 0.2) is 52.3 Å². The molecule has 0 bridgehead atoms. The smallest absolute Gasteiger partial charge is 0.270 e. The number of aliphatic hydroxyl groups excluding tert-OH is 2.